The Bertz CT molecular complexity index is 454. The molecule has 1 aromatic rings. The minimum atomic E-state index is -4.95. The highest BCUT2D eigenvalue weighted by Gasteiger charge is 2.35. The molecule has 0 bridgehead atoms. The Morgan fingerprint density at radius 2 is 1.88 bits per heavy atom. The molecule has 8 heteroatoms. The highest BCUT2D eigenvalue weighted by Crippen LogP contribution is 2.40. The number of nitriles is 1. The van der Waals surface area contributed by atoms with Crippen LogP contribution in [0.15, 0.2) is 6.20 Å². The van der Waals surface area contributed by atoms with Crippen LogP contribution in [0.1, 0.15) is 5.69 Å². The van der Waals surface area contributed by atoms with Crippen molar-refractivity contribution in [2.24, 2.45) is 0 Å². The van der Waals surface area contributed by atoms with Crippen molar-refractivity contribution in [1.82, 2.24) is 4.98 Å². The van der Waals surface area contributed by atoms with E-state index >= 15 is 0 Å². The first-order chi connectivity index (χ1) is 7.92. The van der Waals surface area contributed by atoms with E-state index in [0.29, 0.717) is 0 Å². The number of ether oxygens (including phenoxy) is 3. The van der Waals surface area contributed by atoms with Crippen molar-refractivity contribution in [3.05, 3.63) is 11.9 Å². The standard InChI is InChI=1S/C9H7F3N2O3/c1-15-6-4-14-5(3-13)7(8(6)16-2)17-9(10,11)12/h4H,1-2H3. The lowest BCUT2D eigenvalue weighted by atomic mass is 10.3. The summed E-state index contributed by atoms with van der Waals surface area (Å²) in [5.41, 5.74) is -0.542. The van der Waals surface area contributed by atoms with Gasteiger partial charge in [0.2, 0.25) is 11.5 Å². The van der Waals surface area contributed by atoms with Gasteiger partial charge in [-0.3, -0.25) is 0 Å². The molecule has 0 saturated carbocycles. The van der Waals surface area contributed by atoms with Gasteiger partial charge in [0.25, 0.3) is 0 Å². The van der Waals surface area contributed by atoms with Gasteiger partial charge in [-0.25, -0.2) is 4.98 Å². The number of aromatic nitrogens is 1. The molecular weight excluding hydrogens is 241 g/mol. The van der Waals surface area contributed by atoms with Crippen molar-refractivity contribution in [3.8, 4) is 23.3 Å². The highest BCUT2D eigenvalue weighted by molar-refractivity contribution is 5.55. The summed E-state index contributed by atoms with van der Waals surface area (Å²) < 4.78 is 49.6. The topological polar surface area (TPSA) is 64.4 Å². The Morgan fingerprint density at radius 3 is 2.29 bits per heavy atom. The predicted octanol–water partition coefficient (Wildman–Crippen LogP) is 1.87. The SMILES string of the molecule is COc1cnc(C#N)c(OC(F)(F)F)c1OC. The normalized spacial score (nSPS) is 10.6. The fourth-order valence-electron chi connectivity index (χ4n) is 1.09. The van der Waals surface area contributed by atoms with Crippen LogP contribution < -0.4 is 14.2 Å². The molecule has 17 heavy (non-hydrogen) atoms. The van der Waals surface area contributed by atoms with Gasteiger partial charge >= 0.3 is 6.36 Å². The second kappa shape index (κ2) is 4.78. The van der Waals surface area contributed by atoms with Crippen molar-refractivity contribution >= 4 is 0 Å². The van der Waals surface area contributed by atoms with Crippen LogP contribution in [0.25, 0.3) is 0 Å². The molecule has 1 rings (SSSR count). The van der Waals surface area contributed by atoms with E-state index in [1.807, 2.05) is 0 Å². The van der Waals surface area contributed by atoms with Crippen LogP contribution in [-0.2, 0) is 0 Å². The van der Waals surface area contributed by atoms with Crippen LogP contribution in [0.2, 0.25) is 0 Å². The van der Waals surface area contributed by atoms with Crippen molar-refractivity contribution in [1.29, 1.82) is 5.26 Å². The highest BCUT2D eigenvalue weighted by atomic mass is 19.4. The maximum atomic E-state index is 12.2. The van der Waals surface area contributed by atoms with Crippen LogP contribution in [0.4, 0.5) is 13.2 Å². The zero-order valence-electron chi connectivity index (χ0n) is 8.83. The summed E-state index contributed by atoms with van der Waals surface area (Å²) in [4.78, 5) is 3.47. The second-order valence-electron chi connectivity index (χ2n) is 2.70. The third kappa shape index (κ3) is 2.90. The van der Waals surface area contributed by atoms with Gasteiger partial charge < -0.3 is 14.2 Å². The molecule has 0 aliphatic rings. The molecule has 0 spiro atoms. The first kappa shape index (κ1) is 12.9. The zero-order valence-corrected chi connectivity index (χ0v) is 8.83. The fraction of sp³-hybridized carbons (Fsp3) is 0.333. The maximum Gasteiger partial charge on any atom is 0.573 e. The number of alkyl halides is 3. The quantitative estimate of drug-likeness (QED) is 0.816. The largest absolute Gasteiger partial charge is 0.573 e. The number of pyridine rings is 1. The molecule has 92 valence electrons. The summed E-state index contributed by atoms with van der Waals surface area (Å²) in [7, 11) is 2.35. The van der Waals surface area contributed by atoms with E-state index < -0.39 is 17.8 Å². The Morgan fingerprint density at radius 1 is 1.24 bits per heavy atom. The molecule has 0 radical (unpaired) electrons. The third-order valence-corrected chi connectivity index (χ3v) is 1.70. The Kier molecular flexibility index (Phi) is 3.62. The Labute approximate surface area is 94.3 Å². The molecule has 0 atom stereocenters. The lowest BCUT2D eigenvalue weighted by Gasteiger charge is -2.15. The van der Waals surface area contributed by atoms with Crippen LogP contribution in [0.3, 0.4) is 0 Å². The number of hydrogen-bond acceptors (Lipinski definition) is 5. The summed E-state index contributed by atoms with van der Waals surface area (Å²) >= 11 is 0. The molecule has 0 aromatic carbocycles. The van der Waals surface area contributed by atoms with E-state index in [-0.39, 0.29) is 11.5 Å². The van der Waals surface area contributed by atoms with Crippen molar-refractivity contribution in [2.75, 3.05) is 14.2 Å². The molecule has 0 amide bonds. The van der Waals surface area contributed by atoms with E-state index in [1.54, 1.807) is 0 Å². The van der Waals surface area contributed by atoms with E-state index in [4.69, 9.17) is 14.7 Å². The van der Waals surface area contributed by atoms with Crippen molar-refractivity contribution in [3.63, 3.8) is 0 Å². The second-order valence-corrected chi connectivity index (χ2v) is 2.70. The lowest BCUT2D eigenvalue weighted by molar-refractivity contribution is -0.275. The maximum absolute atomic E-state index is 12.2. The molecule has 0 fully saturated rings. The summed E-state index contributed by atoms with van der Waals surface area (Å²) in [5, 5.41) is 8.64. The van der Waals surface area contributed by atoms with E-state index in [1.165, 1.54) is 13.2 Å². The van der Waals surface area contributed by atoms with Gasteiger partial charge in [0.05, 0.1) is 20.4 Å². The van der Waals surface area contributed by atoms with Gasteiger partial charge in [-0.05, 0) is 0 Å². The van der Waals surface area contributed by atoms with E-state index in [9.17, 15) is 13.2 Å². The van der Waals surface area contributed by atoms with Crippen LogP contribution in [0.5, 0.6) is 17.2 Å². The average Bonchev–Trinajstić information content (AvgIpc) is 2.26. The molecule has 5 nitrogen and oxygen atoms in total. The number of halogens is 3. The first-order valence-corrected chi connectivity index (χ1v) is 4.19. The molecule has 0 aliphatic carbocycles. The summed E-state index contributed by atoms with van der Waals surface area (Å²) in [6.45, 7) is 0. The Hall–Kier alpha value is -2.17. The summed E-state index contributed by atoms with van der Waals surface area (Å²) in [6, 6.07) is 1.47. The van der Waals surface area contributed by atoms with Crippen LogP contribution >= 0.6 is 0 Å². The molecule has 1 heterocycles. The number of methoxy groups -OCH3 is 2. The smallest absolute Gasteiger partial charge is 0.491 e. The summed E-state index contributed by atoms with van der Waals surface area (Å²) in [6.07, 6.45) is -3.88. The van der Waals surface area contributed by atoms with Gasteiger partial charge in [-0.15, -0.1) is 13.2 Å². The van der Waals surface area contributed by atoms with E-state index in [0.717, 1.165) is 13.3 Å². The Balaban J connectivity index is 3.36. The van der Waals surface area contributed by atoms with Crippen LogP contribution in [0, 0.1) is 11.3 Å². The van der Waals surface area contributed by atoms with E-state index in [2.05, 4.69) is 9.72 Å². The third-order valence-electron chi connectivity index (χ3n) is 1.70. The molecule has 0 aliphatic heterocycles. The van der Waals surface area contributed by atoms with Gasteiger partial charge in [0, 0.05) is 0 Å². The van der Waals surface area contributed by atoms with Gasteiger partial charge in [-0.2, -0.15) is 5.26 Å². The molecule has 1 aromatic heterocycles. The predicted molar refractivity (Wildman–Crippen MR) is 48.7 cm³/mol. The molecule has 0 N–H and O–H groups in total. The van der Waals surface area contributed by atoms with Gasteiger partial charge in [-0.1, -0.05) is 0 Å². The lowest BCUT2D eigenvalue weighted by Crippen LogP contribution is -2.19. The number of nitrogens with zero attached hydrogens (tertiary/aromatic N) is 2. The minimum Gasteiger partial charge on any atom is -0.491 e. The summed E-state index contributed by atoms with van der Waals surface area (Å²) in [5.74, 6) is -1.22. The molecule has 0 unspecified atom stereocenters. The minimum absolute atomic E-state index is 0.0641. The van der Waals surface area contributed by atoms with Gasteiger partial charge in [0.1, 0.15) is 6.07 Å². The molecular formula is C9H7F3N2O3. The van der Waals surface area contributed by atoms with Crippen molar-refractivity contribution < 1.29 is 27.4 Å². The fourth-order valence-corrected chi connectivity index (χ4v) is 1.09. The number of hydrogen-bond donors (Lipinski definition) is 0. The first-order valence-electron chi connectivity index (χ1n) is 4.19. The van der Waals surface area contributed by atoms with Gasteiger partial charge in [0.15, 0.2) is 11.4 Å². The average molecular weight is 248 g/mol. The van der Waals surface area contributed by atoms with Crippen molar-refractivity contribution in [2.45, 2.75) is 6.36 Å². The number of rotatable bonds is 3. The van der Waals surface area contributed by atoms with Crippen LogP contribution in [-0.4, -0.2) is 25.6 Å². The monoisotopic (exact) mass is 248 g/mol. The zero-order chi connectivity index (χ0) is 13.1. The molecule has 0 saturated heterocycles.